The van der Waals surface area contributed by atoms with Crippen LogP contribution >= 0.6 is 0 Å². The maximum absolute atomic E-state index is 5.62. The van der Waals surface area contributed by atoms with E-state index in [1.54, 1.807) is 0 Å². The van der Waals surface area contributed by atoms with Crippen molar-refractivity contribution in [2.75, 3.05) is 11.5 Å². The maximum Gasteiger partial charge on any atom is 0.225 e. The number of nitrogens with two attached hydrogens (primary N) is 2. The van der Waals surface area contributed by atoms with Gasteiger partial charge in [0.1, 0.15) is 11.5 Å². The normalized spacial score (nSPS) is 17.8. The molecule has 1 aliphatic rings. The van der Waals surface area contributed by atoms with Crippen molar-refractivity contribution >= 4 is 11.9 Å². The minimum Gasteiger partial charge on any atom is -0.368 e. The molecule has 0 saturated heterocycles. The molecule has 1 saturated carbocycles. The van der Waals surface area contributed by atoms with E-state index in [0.717, 1.165) is 12.2 Å². The van der Waals surface area contributed by atoms with E-state index < -0.39 is 0 Å². The number of aromatic amines is 1. The molecule has 0 bridgehead atoms. The number of rotatable bonds is 3. The highest BCUT2D eigenvalue weighted by Gasteiger charge is 2.35. The van der Waals surface area contributed by atoms with Crippen LogP contribution < -0.4 is 11.5 Å². The Hall–Kier alpha value is -2.18. The van der Waals surface area contributed by atoms with Crippen LogP contribution in [0.25, 0.3) is 11.5 Å². The lowest BCUT2D eigenvalue weighted by Crippen LogP contribution is -2.29. The first-order valence-corrected chi connectivity index (χ1v) is 7.46. The largest absolute Gasteiger partial charge is 0.368 e. The molecule has 7 nitrogen and oxygen atoms in total. The fourth-order valence-corrected chi connectivity index (χ4v) is 3.22. The first kappa shape index (κ1) is 13.8. The molecule has 0 radical (unpaired) electrons. The summed E-state index contributed by atoms with van der Waals surface area (Å²) in [5.41, 5.74) is 12.1. The fourth-order valence-electron chi connectivity index (χ4n) is 3.22. The van der Waals surface area contributed by atoms with Crippen molar-refractivity contribution in [2.24, 2.45) is 0 Å². The van der Waals surface area contributed by atoms with Crippen molar-refractivity contribution < 1.29 is 0 Å². The Balaban J connectivity index is 1.95. The van der Waals surface area contributed by atoms with Crippen molar-refractivity contribution in [3.63, 3.8) is 0 Å². The third-order valence-electron chi connectivity index (χ3n) is 4.47. The van der Waals surface area contributed by atoms with Gasteiger partial charge in [0, 0.05) is 11.6 Å². The number of imidazole rings is 1. The van der Waals surface area contributed by atoms with Gasteiger partial charge in [-0.15, -0.1) is 0 Å². The summed E-state index contributed by atoms with van der Waals surface area (Å²) in [4.78, 5) is 20.0. The number of aromatic nitrogens is 5. The Kier molecular flexibility index (Phi) is 3.48. The number of nitrogen functional groups attached to an aromatic ring is 2. The highest BCUT2D eigenvalue weighted by atomic mass is 15.2. The summed E-state index contributed by atoms with van der Waals surface area (Å²) >= 11 is 0. The lowest BCUT2D eigenvalue weighted by atomic mass is 9.71. The molecule has 2 aromatic heterocycles. The smallest absolute Gasteiger partial charge is 0.225 e. The van der Waals surface area contributed by atoms with Crippen LogP contribution in [0.15, 0.2) is 6.20 Å². The highest BCUT2D eigenvalue weighted by molar-refractivity contribution is 5.51. The van der Waals surface area contributed by atoms with Crippen molar-refractivity contribution in [3.05, 3.63) is 12.0 Å². The number of hydrogen-bond acceptors (Lipinski definition) is 6. The molecule has 7 heteroatoms. The molecule has 3 rings (SSSR count). The Labute approximate surface area is 123 Å². The molecular weight excluding hydrogens is 266 g/mol. The maximum atomic E-state index is 5.62. The van der Waals surface area contributed by atoms with Crippen LogP contribution in [0.5, 0.6) is 0 Å². The van der Waals surface area contributed by atoms with Crippen LogP contribution in [0.3, 0.4) is 0 Å². The number of H-pyrrole nitrogens is 1. The molecule has 0 atom stereocenters. The van der Waals surface area contributed by atoms with E-state index in [0.29, 0.717) is 11.5 Å². The van der Waals surface area contributed by atoms with Gasteiger partial charge in [0.05, 0.1) is 0 Å². The van der Waals surface area contributed by atoms with Crippen molar-refractivity contribution in [1.29, 1.82) is 0 Å². The lowest BCUT2D eigenvalue weighted by molar-refractivity contribution is 0.270. The second-order valence-corrected chi connectivity index (χ2v) is 5.70. The molecule has 2 heterocycles. The first-order valence-electron chi connectivity index (χ1n) is 7.46. The molecule has 1 aliphatic carbocycles. The molecule has 0 amide bonds. The van der Waals surface area contributed by atoms with Gasteiger partial charge in [0.2, 0.25) is 11.9 Å². The van der Waals surface area contributed by atoms with E-state index in [-0.39, 0.29) is 17.3 Å². The summed E-state index contributed by atoms with van der Waals surface area (Å²) in [6.07, 6.45) is 9.10. The average molecular weight is 287 g/mol. The summed E-state index contributed by atoms with van der Waals surface area (Å²) in [6.45, 7) is 2.23. The molecule has 0 aliphatic heterocycles. The van der Waals surface area contributed by atoms with Gasteiger partial charge >= 0.3 is 0 Å². The molecule has 0 spiro atoms. The minimum atomic E-state index is 0.116. The highest BCUT2D eigenvalue weighted by Crippen LogP contribution is 2.41. The van der Waals surface area contributed by atoms with Crippen molar-refractivity contribution in [3.8, 4) is 11.5 Å². The number of hydrogen-bond donors (Lipinski definition) is 3. The van der Waals surface area contributed by atoms with Gasteiger partial charge in [-0.3, -0.25) is 0 Å². The van der Waals surface area contributed by atoms with E-state index in [2.05, 4.69) is 26.9 Å². The molecule has 1 fully saturated rings. The van der Waals surface area contributed by atoms with Gasteiger partial charge < -0.3 is 16.5 Å². The quantitative estimate of drug-likeness (QED) is 0.794. The molecule has 112 valence electrons. The monoisotopic (exact) mass is 287 g/mol. The van der Waals surface area contributed by atoms with Crippen LogP contribution in [-0.4, -0.2) is 24.9 Å². The van der Waals surface area contributed by atoms with Gasteiger partial charge in [-0.1, -0.05) is 26.2 Å². The Morgan fingerprint density at radius 3 is 2.33 bits per heavy atom. The standard InChI is InChI=1S/C14H21N7/c1-2-14(6-4-3-5-7-14)11-17-8-9(18-11)10-19-12(15)21-13(16)20-10/h8H,2-7H2,1H3,(H,17,18)(H4,15,16,19,20,21). The average Bonchev–Trinajstić information content (AvgIpc) is 2.97. The Morgan fingerprint density at radius 2 is 1.71 bits per heavy atom. The van der Waals surface area contributed by atoms with E-state index in [1.165, 1.54) is 32.1 Å². The molecule has 2 aromatic rings. The third kappa shape index (κ3) is 2.55. The van der Waals surface area contributed by atoms with Gasteiger partial charge in [0.25, 0.3) is 0 Å². The van der Waals surface area contributed by atoms with E-state index in [9.17, 15) is 0 Å². The van der Waals surface area contributed by atoms with Gasteiger partial charge in [-0.2, -0.15) is 15.0 Å². The van der Waals surface area contributed by atoms with Crippen LogP contribution in [0.2, 0.25) is 0 Å². The minimum absolute atomic E-state index is 0.116. The second-order valence-electron chi connectivity index (χ2n) is 5.70. The molecular formula is C14H21N7. The van der Waals surface area contributed by atoms with E-state index in [1.807, 2.05) is 6.20 Å². The van der Waals surface area contributed by atoms with Crippen LogP contribution in [0.1, 0.15) is 51.3 Å². The van der Waals surface area contributed by atoms with Gasteiger partial charge in [-0.25, -0.2) is 4.98 Å². The molecule has 5 N–H and O–H groups in total. The summed E-state index contributed by atoms with van der Waals surface area (Å²) < 4.78 is 0. The summed E-state index contributed by atoms with van der Waals surface area (Å²) in [7, 11) is 0. The Morgan fingerprint density at radius 1 is 1.05 bits per heavy atom. The zero-order chi connectivity index (χ0) is 14.9. The zero-order valence-corrected chi connectivity index (χ0v) is 12.3. The molecule has 0 aromatic carbocycles. The molecule has 0 unspecified atom stereocenters. The van der Waals surface area contributed by atoms with Gasteiger partial charge in [0.15, 0.2) is 5.82 Å². The topological polar surface area (TPSA) is 119 Å². The summed E-state index contributed by atoms with van der Waals surface area (Å²) in [6, 6.07) is 0. The number of anilines is 2. The van der Waals surface area contributed by atoms with Crippen molar-refractivity contribution in [2.45, 2.75) is 50.9 Å². The van der Waals surface area contributed by atoms with Crippen LogP contribution in [0.4, 0.5) is 11.9 Å². The second kappa shape index (κ2) is 5.31. The third-order valence-corrected chi connectivity index (χ3v) is 4.47. The Bertz CT molecular complexity index is 608. The molecule has 21 heavy (non-hydrogen) atoms. The van der Waals surface area contributed by atoms with E-state index in [4.69, 9.17) is 16.5 Å². The first-order chi connectivity index (χ1) is 10.1. The predicted octanol–water partition coefficient (Wildman–Crippen LogP) is 2.04. The van der Waals surface area contributed by atoms with Crippen LogP contribution in [-0.2, 0) is 5.41 Å². The lowest BCUT2D eigenvalue weighted by Gasteiger charge is -2.34. The number of nitrogens with one attached hydrogen (secondary N) is 1. The summed E-state index contributed by atoms with van der Waals surface area (Å²) in [5.74, 6) is 1.68. The van der Waals surface area contributed by atoms with E-state index >= 15 is 0 Å². The predicted molar refractivity (Wildman–Crippen MR) is 81.3 cm³/mol. The number of nitrogens with zero attached hydrogens (tertiary/aromatic N) is 4. The zero-order valence-electron chi connectivity index (χ0n) is 12.3. The SMILES string of the molecule is CCC1(c2nc(-c3nc(N)nc(N)n3)c[nH]2)CCCCC1. The summed E-state index contributed by atoms with van der Waals surface area (Å²) in [5, 5.41) is 0. The van der Waals surface area contributed by atoms with Crippen molar-refractivity contribution in [1.82, 2.24) is 24.9 Å². The van der Waals surface area contributed by atoms with Gasteiger partial charge in [-0.05, 0) is 19.3 Å². The fraction of sp³-hybridized carbons (Fsp3) is 0.571. The van der Waals surface area contributed by atoms with Crippen LogP contribution in [0, 0.1) is 0 Å².